The van der Waals surface area contributed by atoms with Crippen molar-refractivity contribution in [2.45, 2.75) is 77.3 Å². The molecular formula is C12H32Si3. The van der Waals surface area contributed by atoms with Gasteiger partial charge in [-0.3, -0.25) is 0 Å². The zero-order chi connectivity index (χ0) is 11.4. The van der Waals surface area contributed by atoms with Gasteiger partial charge in [0.05, 0.1) is 0 Å². The van der Waals surface area contributed by atoms with Crippen molar-refractivity contribution in [2.75, 3.05) is 0 Å². The lowest BCUT2D eigenvalue weighted by atomic mass is 10.2. The average molecular weight is 261 g/mol. The highest BCUT2D eigenvalue weighted by molar-refractivity contribution is 7.34. The Morgan fingerprint density at radius 3 is 2.07 bits per heavy atom. The Morgan fingerprint density at radius 2 is 1.47 bits per heavy atom. The molecule has 1 unspecified atom stereocenters. The van der Waals surface area contributed by atoms with Crippen LogP contribution in [0.3, 0.4) is 0 Å². The van der Waals surface area contributed by atoms with Crippen LogP contribution in [0.2, 0.25) is 12.1 Å². The second kappa shape index (κ2) is 12.7. The van der Waals surface area contributed by atoms with Crippen molar-refractivity contribution in [3.63, 3.8) is 0 Å². The fourth-order valence-corrected chi connectivity index (χ4v) is 14.4. The first-order valence-electron chi connectivity index (χ1n) is 7.31. The van der Waals surface area contributed by atoms with Crippen molar-refractivity contribution in [3.8, 4) is 0 Å². The summed E-state index contributed by atoms with van der Waals surface area (Å²) in [5.74, 6) is 0. The molecule has 0 N–H and O–H groups in total. The topological polar surface area (TPSA) is 0 Å². The molecule has 0 fully saturated rings. The van der Waals surface area contributed by atoms with Gasteiger partial charge in [0, 0.05) is 16.9 Å². The number of rotatable bonds is 11. The second-order valence-electron chi connectivity index (χ2n) is 5.16. The summed E-state index contributed by atoms with van der Waals surface area (Å²) < 4.78 is 0. The fourth-order valence-electron chi connectivity index (χ4n) is 2.16. The van der Waals surface area contributed by atoms with Gasteiger partial charge in [0.25, 0.3) is 0 Å². The molecule has 0 saturated heterocycles. The predicted octanol–water partition coefficient (Wildman–Crippen LogP) is 2.32. The lowest BCUT2D eigenvalue weighted by Crippen LogP contribution is -2.22. The molecule has 0 aliphatic carbocycles. The van der Waals surface area contributed by atoms with Crippen LogP contribution in [0.1, 0.15) is 65.2 Å². The van der Waals surface area contributed by atoms with Crippen LogP contribution in [0.5, 0.6) is 0 Å². The van der Waals surface area contributed by atoms with E-state index in [-0.39, 0.29) is 7.83 Å². The molecule has 0 amide bonds. The Balaban J connectivity index is 3.08. The quantitative estimate of drug-likeness (QED) is 0.395. The third kappa shape index (κ3) is 12.6. The van der Waals surface area contributed by atoms with E-state index < -0.39 is 0 Å². The summed E-state index contributed by atoms with van der Waals surface area (Å²) in [5, 5.41) is 0. The number of hydrogen-bond acceptors (Lipinski definition) is 0. The van der Waals surface area contributed by atoms with E-state index in [1.54, 1.807) is 34.7 Å². The Labute approximate surface area is 104 Å². The lowest BCUT2D eigenvalue weighted by Gasteiger charge is -2.08. The normalized spacial score (nSPS) is 14.0. The molecule has 92 valence electrons. The zero-order valence-corrected chi connectivity index (χ0v) is 15.9. The van der Waals surface area contributed by atoms with Gasteiger partial charge in [-0.15, -0.1) is 0 Å². The standard InChI is InChI=1S/C12H32Si3/c1-3-5-7-9-11-14-15(13)12-10-8-6-4-2/h15H,3-12,14H2,1-2,13H3. The van der Waals surface area contributed by atoms with Crippen molar-refractivity contribution >= 4 is 26.6 Å². The lowest BCUT2D eigenvalue weighted by molar-refractivity contribution is 0.698. The van der Waals surface area contributed by atoms with Crippen molar-refractivity contribution in [3.05, 3.63) is 0 Å². The molecule has 1 atom stereocenters. The van der Waals surface area contributed by atoms with Gasteiger partial charge in [0.1, 0.15) is 0 Å². The molecule has 0 bridgehead atoms. The van der Waals surface area contributed by atoms with Gasteiger partial charge >= 0.3 is 0 Å². The summed E-state index contributed by atoms with van der Waals surface area (Å²) in [4.78, 5) is 0. The smallest absolute Gasteiger partial charge is 0.00905 e. The molecule has 0 aromatic carbocycles. The van der Waals surface area contributed by atoms with Gasteiger partial charge in [0.2, 0.25) is 0 Å². The second-order valence-corrected chi connectivity index (χ2v) is 24.9. The molecule has 0 aliphatic rings. The molecule has 15 heavy (non-hydrogen) atoms. The third-order valence-electron chi connectivity index (χ3n) is 3.35. The Morgan fingerprint density at radius 1 is 0.867 bits per heavy atom. The van der Waals surface area contributed by atoms with Crippen LogP contribution in [0.25, 0.3) is 0 Å². The maximum Gasteiger partial charge on any atom is 0.00905 e. The minimum absolute atomic E-state index is 0.0186. The van der Waals surface area contributed by atoms with Crippen LogP contribution in [-0.4, -0.2) is 26.6 Å². The molecule has 0 heterocycles. The van der Waals surface area contributed by atoms with Crippen molar-refractivity contribution in [1.82, 2.24) is 0 Å². The molecule has 0 rings (SSSR count). The van der Waals surface area contributed by atoms with Crippen LogP contribution < -0.4 is 0 Å². The third-order valence-corrected chi connectivity index (χ3v) is 19.0. The van der Waals surface area contributed by atoms with Crippen LogP contribution >= 0.6 is 0 Å². The molecule has 0 nitrogen and oxygen atoms in total. The number of unbranched alkanes of at least 4 members (excludes halogenated alkanes) is 6. The Kier molecular flexibility index (Phi) is 13.3. The molecule has 0 saturated carbocycles. The van der Waals surface area contributed by atoms with E-state index in [0.717, 1.165) is 0 Å². The Bertz CT molecular complexity index is 117. The average Bonchev–Trinajstić information content (AvgIpc) is 2.24. The van der Waals surface area contributed by atoms with Crippen molar-refractivity contribution < 1.29 is 0 Å². The molecular weight excluding hydrogens is 228 g/mol. The molecule has 0 spiro atoms. The minimum Gasteiger partial charge on any atom is -0.0654 e. The molecule has 0 aliphatic heterocycles. The molecule has 0 aromatic heterocycles. The maximum absolute atomic E-state index is 2.32. The first-order chi connectivity index (χ1) is 7.31. The van der Waals surface area contributed by atoms with Gasteiger partial charge < -0.3 is 0 Å². The van der Waals surface area contributed by atoms with Gasteiger partial charge in [-0.25, -0.2) is 0 Å². The maximum atomic E-state index is 2.32. The largest absolute Gasteiger partial charge is 0.0654 e. The molecule has 0 radical (unpaired) electrons. The number of hydrogen-bond donors (Lipinski definition) is 0. The predicted molar refractivity (Wildman–Crippen MR) is 83.5 cm³/mol. The fraction of sp³-hybridized carbons (Fsp3) is 1.00. The zero-order valence-electron chi connectivity index (χ0n) is 11.4. The summed E-state index contributed by atoms with van der Waals surface area (Å²) in [6, 6.07) is 3.43. The summed E-state index contributed by atoms with van der Waals surface area (Å²) in [6.07, 6.45) is 12.0. The Hall–Kier alpha value is 0.651. The van der Waals surface area contributed by atoms with E-state index >= 15 is 0 Å². The first kappa shape index (κ1) is 15.7. The van der Waals surface area contributed by atoms with E-state index in [0.29, 0.717) is 9.04 Å². The first-order valence-corrected chi connectivity index (χ1v) is 17.0. The van der Waals surface area contributed by atoms with Crippen LogP contribution in [0, 0.1) is 0 Å². The van der Waals surface area contributed by atoms with Crippen LogP contribution in [0.4, 0.5) is 0 Å². The van der Waals surface area contributed by atoms with Crippen LogP contribution in [0.15, 0.2) is 0 Å². The van der Waals surface area contributed by atoms with Gasteiger partial charge in [0.15, 0.2) is 0 Å². The minimum atomic E-state index is -0.0186. The van der Waals surface area contributed by atoms with E-state index in [9.17, 15) is 0 Å². The van der Waals surface area contributed by atoms with Crippen LogP contribution in [-0.2, 0) is 0 Å². The summed E-state index contributed by atoms with van der Waals surface area (Å²) >= 11 is 0. The summed E-state index contributed by atoms with van der Waals surface area (Å²) in [6.45, 7) is 4.63. The van der Waals surface area contributed by atoms with Crippen molar-refractivity contribution in [1.29, 1.82) is 0 Å². The van der Waals surface area contributed by atoms with Gasteiger partial charge in [-0.1, -0.05) is 77.3 Å². The van der Waals surface area contributed by atoms with Gasteiger partial charge in [-0.2, -0.15) is 0 Å². The summed E-state index contributed by atoms with van der Waals surface area (Å²) in [7, 11) is 2.08. The van der Waals surface area contributed by atoms with Crippen molar-refractivity contribution in [2.24, 2.45) is 0 Å². The SMILES string of the molecule is CCCCCC[SiH2][SiH]([SiH3])CCCCCC. The van der Waals surface area contributed by atoms with Gasteiger partial charge in [-0.05, 0) is 9.76 Å². The monoisotopic (exact) mass is 260 g/mol. The van der Waals surface area contributed by atoms with E-state index in [2.05, 4.69) is 13.8 Å². The van der Waals surface area contributed by atoms with E-state index in [4.69, 9.17) is 0 Å². The highest BCUT2D eigenvalue weighted by atomic mass is 29.5. The molecule has 0 aromatic rings. The van der Waals surface area contributed by atoms with E-state index in [1.807, 2.05) is 0 Å². The molecule has 3 heteroatoms. The van der Waals surface area contributed by atoms with E-state index in [1.165, 1.54) is 38.5 Å². The highest BCUT2D eigenvalue weighted by Gasteiger charge is 2.03. The summed E-state index contributed by atoms with van der Waals surface area (Å²) in [5.41, 5.74) is 0. The highest BCUT2D eigenvalue weighted by Crippen LogP contribution is 2.07.